The van der Waals surface area contributed by atoms with Crippen LogP contribution in [-0.4, -0.2) is 15.1 Å². The van der Waals surface area contributed by atoms with Crippen LogP contribution < -0.4 is 4.52 Å². The van der Waals surface area contributed by atoms with Crippen LogP contribution in [0.4, 0.5) is 26.3 Å². The summed E-state index contributed by atoms with van der Waals surface area (Å²) in [6.07, 6.45) is -10.5. The fourth-order valence-electron chi connectivity index (χ4n) is 2.73. The highest BCUT2D eigenvalue weighted by atomic mass is 31.0. The van der Waals surface area contributed by atoms with Gasteiger partial charge in [0.25, 0.3) is 0 Å². The Kier molecular flexibility index (Phi) is 5.20. The topological polar surface area (TPSA) is 55.2 Å². The molecule has 3 rings (SSSR count). The molecule has 0 saturated carbocycles. The molecule has 1 N–H and O–H groups in total. The van der Waals surface area contributed by atoms with Crippen molar-refractivity contribution in [2.24, 2.45) is 0 Å². The molecule has 2 unspecified atom stereocenters. The van der Waals surface area contributed by atoms with Crippen LogP contribution in [0.15, 0.2) is 42.6 Å². The molecule has 2 heterocycles. The number of halogens is 6. The molecule has 0 fully saturated rings. The first kappa shape index (κ1) is 20.3. The molecule has 2 atom stereocenters. The van der Waals surface area contributed by atoms with Gasteiger partial charge in [-0.2, -0.15) is 26.3 Å². The van der Waals surface area contributed by atoms with Gasteiger partial charge in [-0.3, -0.25) is 4.98 Å². The van der Waals surface area contributed by atoms with Gasteiger partial charge in [0.2, 0.25) is 0 Å². The third-order valence-corrected chi connectivity index (χ3v) is 4.20. The Labute approximate surface area is 156 Å². The number of hydrogen-bond acceptors (Lipinski definition) is 4. The Morgan fingerprint density at radius 2 is 1.71 bits per heavy atom. The Balaban J connectivity index is 2.35. The minimum absolute atomic E-state index is 0.0329. The molecule has 0 aliphatic heterocycles. The first-order chi connectivity index (χ1) is 13.0. The summed E-state index contributed by atoms with van der Waals surface area (Å²) >= 11 is 0. The molecule has 148 valence electrons. The average molecular weight is 420 g/mol. The summed E-state index contributed by atoms with van der Waals surface area (Å²) < 4.78 is 84.7. The van der Waals surface area contributed by atoms with Gasteiger partial charge in [-0.1, -0.05) is 12.1 Å². The first-order valence-electron chi connectivity index (χ1n) is 7.61. The van der Waals surface area contributed by atoms with Crippen molar-refractivity contribution in [3.63, 3.8) is 0 Å². The van der Waals surface area contributed by atoms with Crippen molar-refractivity contribution in [2.45, 2.75) is 18.5 Å². The number of aromatic nitrogens is 2. The number of pyridine rings is 2. The predicted molar refractivity (Wildman–Crippen MR) is 90.4 cm³/mol. The summed E-state index contributed by atoms with van der Waals surface area (Å²) in [7, 11) is 1.90. The number of benzene rings is 1. The van der Waals surface area contributed by atoms with E-state index in [9.17, 15) is 31.4 Å². The van der Waals surface area contributed by atoms with Crippen LogP contribution >= 0.6 is 9.47 Å². The monoisotopic (exact) mass is 420 g/mol. The van der Waals surface area contributed by atoms with Crippen LogP contribution in [0.3, 0.4) is 0 Å². The average Bonchev–Trinajstić information content (AvgIpc) is 2.64. The van der Waals surface area contributed by atoms with Crippen LogP contribution in [0, 0.1) is 0 Å². The molecule has 0 spiro atoms. The summed E-state index contributed by atoms with van der Waals surface area (Å²) in [4.78, 5) is 7.06. The Bertz CT molecular complexity index is 1020. The minimum Gasteiger partial charge on any atom is -0.478 e. The summed E-state index contributed by atoms with van der Waals surface area (Å²) in [5.41, 5.74) is -4.40. The van der Waals surface area contributed by atoms with E-state index in [0.29, 0.717) is 12.1 Å². The highest BCUT2D eigenvalue weighted by molar-refractivity contribution is 7.10. The van der Waals surface area contributed by atoms with Gasteiger partial charge in [0.05, 0.1) is 20.5 Å². The van der Waals surface area contributed by atoms with Crippen molar-refractivity contribution in [3.05, 3.63) is 65.1 Å². The summed E-state index contributed by atoms with van der Waals surface area (Å²) in [6, 6.07) is 6.18. The molecule has 0 aliphatic rings. The molecule has 0 saturated heterocycles. The minimum atomic E-state index is -5.02. The number of hydrogen-bond donors (Lipinski definition) is 1. The van der Waals surface area contributed by atoms with Crippen LogP contribution in [0.2, 0.25) is 0 Å². The van der Waals surface area contributed by atoms with E-state index in [2.05, 4.69) is 9.97 Å². The Morgan fingerprint density at radius 1 is 1.00 bits per heavy atom. The lowest BCUT2D eigenvalue weighted by Crippen LogP contribution is -2.14. The summed E-state index contributed by atoms with van der Waals surface area (Å²) in [5.74, 6) is 0.0329. The largest absolute Gasteiger partial charge is 0.478 e. The van der Waals surface area contributed by atoms with Crippen molar-refractivity contribution in [1.29, 1.82) is 0 Å². The molecule has 0 bridgehead atoms. The normalized spacial score (nSPS) is 13.6. The van der Waals surface area contributed by atoms with Crippen molar-refractivity contribution >= 4 is 20.4 Å². The Hall–Kier alpha value is -2.45. The maximum Gasteiger partial charge on any atom is 0.433 e. The van der Waals surface area contributed by atoms with Gasteiger partial charge in [-0.15, -0.1) is 0 Å². The van der Waals surface area contributed by atoms with Gasteiger partial charge < -0.3 is 9.63 Å². The molecule has 0 amide bonds. The SMILES string of the molecule is OC(c1ncccc1OP)c1cc(C(F)(F)F)nc2c(C(F)(F)F)cccc12. The number of rotatable bonds is 3. The zero-order chi connectivity index (χ0) is 20.7. The van der Waals surface area contributed by atoms with Gasteiger partial charge >= 0.3 is 12.4 Å². The standard InChI is InChI=1S/C17H11F6N2O2P/c18-16(19,20)10-4-1-3-8-9(7-12(17(21,22)23)25-13(8)10)15(26)14-11(27-28)5-2-6-24-14/h1-7,15,26H,28H2. The van der Waals surface area contributed by atoms with Crippen molar-refractivity contribution in [1.82, 2.24) is 9.97 Å². The second-order valence-electron chi connectivity index (χ2n) is 5.70. The van der Waals surface area contributed by atoms with Gasteiger partial charge in [0.15, 0.2) is 0 Å². The first-order valence-corrected chi connectivity index (χ1v) is 8.09. The second kappa shape index (κ2) is 7.18. The van der Waals surface area contributed by atoms with Crippen molar-refractivity contribution in [3.8, 4) is 5.75 Å². The Morgan fingerprint density at radius 3 is 2.32 bits per heavy atom. The molecule has 0 aliphatic carbocycles. The fourth-order valence-corrected chi connectivity index (χ4v) is 2.93. The number of aliphatic hydroxyl groups is 1. The van der Waals surface area contributed by atoms with E-state index in [0.717, 1.165) is 12.1 Å². The number of aliphatic hydroxyl groups excluding tert-OH is 1. The van der Waals surface area contributed by atoms with Crippen LogP contribution in [0.1, 0.15) is 28.6 Å². The second-order valence-corrected chi connectivity index (χ2v) is 5.94. The van der Waals surface area contributed by atoms with Crippen LogP contribution in [0.5, 0.6) is 5.75 Å². The predicted octanol–water partition coefficient (Wildman–Crippen LogP) is 4.92. The van der Waals surface area contributed by atoms with Gasteiger partial charge in [-0.25, -0.2) is 4.98 Å². The molecule has 4 nitrogen and oxygen atoms in total. The number of fused-ring (bicyclic) bond motifs is 1. The molecule has 2 aromatic heterocycles. The molecular weight excluding hydrogens is 409 g/mol. The lowest BCUT2D eigenvalue weighted by atomic mass is 9.97. The van der Waals surface area contributed by atoms with Gasteiger partial charge in [0, 0.05) is 11.6 Å². The lowest BCUT2D eigenvalue weighted by molar-refractivity contribution is -0.142. The fraction of sp³-hybridized carbons (Fsp3) is 0.176. The van der Waals surface area contributed by atoms with E-state index in [4.69, 9.17) is 4.52 Å². The molecule has 1 aromatic carbocycles. The molecule has 28 heavy (non-hydrogen) atoms. The zero-order valence-corrected chi connectivity index (χ0v) is 14.9. The van der Waals surface area contributed by atoms with Crippen LogP contribution in [-0.2, 0) is 12.4 Å². The lowest BCUT2D eigenvalue weighted by Gasteiger charge is -2.19. The van der Waals surface area contributed by atoms with Gasteiger partial charge in [0.1, 0.15) is 23.2 Å². The maximum absolute atomic E-state index is 13.3. The smallest absolute Gasteiger partial charge is 0.433 e. The third kappa shape index (κ3) is 3.74. The molecule has 0 radical (unpaired) electrons. The van der Waals surface area contributed by atoms with E-state index < -0.39 is 40.8 Å². The van der Waals surface area contributed by atoms with E-state index in [1.54, 1.807) is 0 Å². The number of para-hydroxylation sites is 1. The van der Waals surface area contributed by atoms with E-state index >= 15 is 0 Å². The maximum atomic E-state index is 13.3. The highest BCUT2D eigenvalue weighted by Crippen LogP contribution is 2.40. The van der Waals surface area contributed by atoms with Gasteiger partial charge in [-0.05, 0) is 29.8 Å². The summed E-state index contributed by atoms with van der Waals surface area (Å²) in [5, 5.41) is 10.4. The van der Waals surface area contributed by atoms with E-state index in [1.807, 2.05) is 9.47 Å². The zero-order valence-electron chi connectivity index (χ0n) is 13.7. The van der Waals surface area contributed by atoms with Crippen molar-refractivity contribution in [2.75, 3.05) is 0 Å². The van der Waals surface area contributed by atoms with E-state index in [1.165, 1.54) is 18.3 Å². The summed E-state index contributed by atoms with van der Waals surface area (Å²) in [6.45, 7) is 0. The van der Waals surface area contributed by atoms with E-state index in [-0.39, 0.29) is 16.8 Å². The van der Waals surface area contributed by atoms with Crippen molar-refractivity contribution < 1.29 is 36.0 Å². The highest BCUT2D eigenvalue weighted by Gasteiger charge is 2.38. The number of nitrogens with zero attached hydrogens (tertiary/aromatic N) is 2. The van der Waals surface area contributed by atoms with Crippen LogP contribution in [0.25, 0.3) is 10.9 Å². The number of alkyl halides is 6. The molecule has 3 aromatic rings. The quantitative estimate of drug-likeness (QED) is 0.483. The molecular formula is C17H11F6N2O2P. The third-order valence-electron chi connectivity index (χ3n) is 3.95. The molecule has 11 heteroatoms.